The van der Waals surface area contributed by atoms with Crippen molar-refractivity contribution in [1.29, 1.82) is 0 Å². The van der Waals surface area contributed by atoms with Crippen molar-refractivity contribution in [3.05, 3.63) is 57.8 Å². The summed E-state index contributed by atoms with van der Waals surface area (Å²) >= 11 is 7.33. The second-order valence-electron chi connectivity index (χ2n) is 4.98. The number of carbonyl (C=O) groups is 1. The SMILES string of the molecule is CCn1cc(Cl)c(C(=O)N[C@H](c2ccccc2)c2nnc(N)s2)n1. The molecule has 3 rings (SSSR count). The molecule has 124 valence electrons. The number of nitrogens with one attached hydrogen (secondary N) is 1. The van der Waals surface area contributed by atoms with Crippen LogP contribution in [0.3, 0.4) is 0 Å². The smallest absolute Gasteiger partial charge is 0.274 e. The van der Waals surface area contributed by atoms with E-state index in [-0.39, 0.29) is 11.6 Å². The van der Waals surface area contributed by atoms with Gasteiger partial charge in [0.15, 0.2) is 5.69 Å². The normalized spacial score (nSPS) is 12.1. The first kappa shape index (κ1) is 16.4. The number of hydrogen-bond acceptors (Lipinski definition) is 6. The number of amides is 1. The highest BCUT2D eigenvalue weighted by Gasteiger charge is 2.24. The zero-order valence-corrected chi connectivity index (χ0v) is 14.4. The summed E-state index contributed by atoms with van der Waals surface area (Å²) < 4.78 is 1.61. The molecular weight excluding hydrogens is 348 g/mol. The number of carbonyl (C=O) groups excluding carboxylic acids is 1. The van der Waals surface area contributed by atoms with E-state index < -0.39 is 6.04 Å². The van der Waals surface area contributed by atoms with Crippen LogP contribution in [0.15, 0.2) is 36.5 Å². The summed E-state index contributed by atoms with van der Waals surface area (Å²) in [4.78, 5) is 12.6. The summed E-state index contributed by atoms with van der Waals surface area (Å²) in [5, 5.41) is 16.2. The molecule has 9 heteroatoms. The van der Waals surface area contributed by atoms with Crippen molar-refractivity contribution < 1.29 is 4.79 Å². The monoisotopic (exact) mass is 362 g/mol. The van der Waals surface area contributed by atoms with Crippen molar-refractivity contribution >= 4 is 34.0 Å². The Kier molecular flexibility index (Phi) is 4.77. The molecular formula is C15H15ClN6OS. The Labute approximate surface area is 147 Å². The Balaban J connectivity index is 1.92. The molecule has 1 aromatic carbocycles. The van der Waals surface area contributed by atoms with E-state index in [0.717, 1.165) is 5.56 Å². The summed E-state index contributed by atoms with van der Waals surface area (Å²) in [6.07, 6.45) is 1.62. The number of aryl methyl sites for hydroxylation is 1. The predicted octanol–water partition coefficient (Wildman–Crippen LogP) is 2.51. The molecule has 0 bridgehead atoms. The lowest BCUT2D eigenvalue weighted by Gasteiger charge is -2.15. The average molecular weight is 363 g/mol. The molecule has 0 saturated carbocycles. The van der Waals surface area contributed by atoms with E-state index in [2.05, 4.69) is 20.6 Å². The van der Waals surface area contributed by atoms with Gasteiger partial charge in [-0.25, -0.2) is 0 Å². The van der Waals surface area contributed by atoms with Crippen LogP contribution in [0.2, 0.25) is 5.02 Å². The molecule has 0 unspecified atom stereocenters. The van der Waals surface area contributed by atoms with Gasteiger partial charge in [-0.15, -0.1) is 10.2 Å². The van der Waals surface area contributed by atoms with Gasteiger partial charge in [0.2, 0.25) is 5.13 Å². The molecule has 1 amide bonds. The van der Waals surface area contributed by atoms with Crippen molar-refractivity contribution in [1.82, 2.24) is 25.3 Å². The summed E-state index contributed by atoms with van der Waals surface area (Å²) in [5.41, 5.74) is 6.72. The van der Waals surface area contributed by atoms with Crippen molar-refractivity contribution in [3.8, 4) is 0 Å². The maximum Gasteiger partial charge on any atom is 0.274 e. The zero-order chi connectivity index (χ0) is 17.1. The number of hydrogen-bond donors (Lipinski definition) is 2. The second-order valence-corrected chi connectivity index (χ2v) is 6.42. The third-order valence-corrected chi connectivity index (χ3v) is 4.46. The first-order chi connectivity index (χ1) is 11.6. The van der Waals surface area contributed by atoms with E-state index in [4.69, 9.17) is 17.3 Å². The van der Waals surface area contributed by atoms with Crippen LogP contribution in [0.5, 0.6) is 0 Å². The Morgan fingerprint density at radius 3 is 2.71 bits per heavy atom. The molecule has 7 nitrogen and oxygen atoms in total. The number of halogens is 1. The Bertz CT molecular complexity index is 847. The predicted molar refractivity (Wildman–Crippen MR) is 93.0 cm³/mol. The van der Waals surface area contributed by atoms with Gasteiger partial charge in [0.1, 0.15) is 11.0 Å². The lowest BCUT2D eigenvalue weighted by atomic mass is 10.1. The fraction of sp³-hybridized carbons (Fsp3) is 0.200. The van der Waals surface area contributed by atoms with Gasteiger partial charge in [-0.3, -0.25) is 9.48 Å². The van der Waals surface area contributed by atoms with E-state index in [1.807, 2.05) is 37.3 Å². The number of nitrogens with two attached hydrogens (primary N) is 1. The molecule has 0 spiro atoms. The molecule has 0 fully saturated rings. The highest BCUT2D eigenvalue weighted by atomic mass is 35.5. The van der Waals surface area contributed by atoms with Crippen LogP contribution in [0.1, 0.15) is 34.0 Å². The van der Waals surface area contributed by atoms with Crippen LogP contribution >= 0.6 is 22.9 Å². The first-order valence-electron chi connectivity index (χ1n) is 7.26. The minimum absolute atomic E-state index is 0.178. The van der Waals surface area contributed by atoms with E-state index in [9.17, 15) is 4.79 Å². The van der Waals surface area contributed by atoms with Crippen LogP contribution in [-0.2, 0) is 6.54 Å². The lowest BCUT2D eigenvalue weighted by Crippen LogP contribution is -2.30. The number of nitrogen functional groups attached to an aromatic ring is 1. The maximum atomic E-state index is 12.6. The molecule has 3 N–H and O–H groups in total. The van der Waals surface area contributed by atoms with Gasteiger partial charge in [-0.1, -0.05) is 53.3 Å². The summed E-state index contributed by atoms with van der Waals surface area (Å²) in [5.74, 6) is -0.380. The molecule has 1 atom stereocenters. The topological polar surface area (TPSA) is 98.7 Å². The highest BCUT2D eigenvalue weighted by Crippen LogP contribution is 2.26. The third kappa shape index (κ3) is 3.39. The number of benzene rings is 1. The first-order valence-corrected chi connectivity index (χ1v) is 8.45. The fourth-order valence-corrected chi connectivity index (χ4v) is 3.14. The minimum atomic E-state index is -0.476. The molecule has 0 aliphatic heterocycles. The molecule has 2 heterocycles. The molecule has 3 aromatic rings. The Morgan fingerprint density at radius 1 is 1.38 bits per heavy atom. The quantitative estimate of drug-likeness (QED) is 0.726. The molecule has 0 aliphatic carbocycles. The lowest BCUT2D eigenvalue weighted by molar-refractivity contribution is 0.0937. The van der Waals surface area contributed by atoms with Crippen LogP contribution in [0.25, 0.3) is 0 Å². The van der Waals surface area contributed by atoms with Gasteiger partial charge in [-0.05, 0) is 12.5 Å². The van der Waals surface area contributed by atoms with Gasteiger partial charge in [-0.2, -0.15) is 5.10 Å². The van der Waals surface area contributed by atoms with Gasteiger partial charge >= 0.3 is 0 Å². The average Bonchev–Trinajstić information content (AvgIpc) is 3.19. The van der Waals surface area contributed by atoms with Crippen LogP contribution < -0.4 is 11.1 Å². The van der Waals surface area contributed by atoms with Crippen molar-refractivity contribution in [2.24, 2.45) is 0 Å². The van der Waals surface area contributed by atoms with Crippen LogP contribution in [0.4, 0.5) is 5.13 Å². The van der Waals surface area contributed by atoms with E-state index in [0.29, 0.717) is 21.7 Å². The molecule has 24 heavy (non-hydrogen) atoms. The van der Waals surface area contributed by atoms with E-state index in [1.165, 1.54) is 11.3 Å². The van der Waals surface area contributed by atoms with Crippen molar-refractivity contribution in [3.63, 3.8) is 0 Å². The van der Waals surface area contributed by atoms with Gasteiger partial charge in [0.25, 0.3) is 5.91 Å². The summed E-state index contributed by atoms with van der Waals surface area (Å²) in [6, 6.07) is 8.99. The van der Waals surface area contributed by atoms with Gasteiger partial charge in [0, 0.05) is 12.7 Å². The zero-order valence-electron chi connectivity index (χ0n) is 12.8. The van der Waals surface area contributed by atoms with Crippen LogP contribution in [-0.4, -0.2) is 25.9 Å². The van der Waals surface area contributed by atoms with Gasteiger partial charge in [0.05, 0.1) is 5.02 Å². The number of rotatable bonds is 5. The molecule has 2 aromatic heterocycles. The second kappa shape index (κ2) is 6.98. The highest BCUT2D eigenvalue weighted by molar-refractivity contribution is 7.15. The van der Waals surface area contributed by atoms with Crippen LogP contribution in [0, 0.1) is 0 Å². The third-order valence-electron chi connectivity index (χ3n) is 3.37. The van der Waals surface area contributed by atoms with Gasteiger partial charge < -0.3 is 11.1 Å². The molecule has 0 radical (unpaired) electrons. The van der Waals surface area contributed by atoms with Crippen molar-refractivity contribution in [2.75, 3.05) is 5.73 Å². The Morgan fingerprint density at radius 2 is 2.12 bits per heavy atom. The standard InChI is InChI=1S/C15H15ClN6OS/c1-2-22-8-10(16)12(21-22)13(23)18-11(9-6-4-3-5-7-9)14-19-20-15(17)24-14/h3-8,11H,2H2,1H3,(H2,17,20)(H,18,23)/t11-/m1/s1. The number of aromatic nitrogens is 4. The summed E-state index contributed by atoms with van der Waals surface area (Å²) in [6.45, 7) is 2.55. The minimum Gasteiger partial charge on any atom is -0.374 e. The molecule has 0 aliphatic rings. The van der Waals surface area contributed by atoms with Crippen molar-refractivity contribution in [2.45, 2.75) is 19.5 Å². The molecule has 0 saturated heterocycles. The maximum absolute atomic E-state index is 12.6. The Hall–Kier alpha value is -2.45. The van der Waals surface area contributed by atoms with E-state index in [1.54, 1.807) is 10.9 Å². The summed E-state index contributed by atoms with van der Waals surface area (Å²) in [7, 11) is 0. The van der Waals surface area contributed by atoms with E-state index >= 15 is 0 Å². The fourth-order valence-electron chi connectivity index (χ4n) is 2.21. The largest absolute Gasteiger partial charge is 0.374 e. The number of anilines is 1. The number of nitrogens with zero attached hydrogens (tertiary/aromatic N) is 4.